The quantitative estimate of drug-likeness (QED) is 0.844. The summed E-state index contributed by atoms with van der Waals surface area (Å²) in [4.78, 5) is 14.2. The lowest BCUT2D eigenvalue weighted by Crippen LogP contribution is -2.36. The highest BCUT2D eigenvalue weighted by molar-refractivity contribution is 5.77. The van der Waals surface area contributed by atoms with Crippen LogP contribution in [-0.4, -0.2) is 12.3 Å². The highest BCUT2D eigenvalue weighted by Gasteiger charge is 2.28. The highest BCUT2D eigenvalue weighted by atomic mass is 16.1. The van der Waals surface area contributed by atoms with Gasteiger partial charge >= 0.3 is 0 Å². The predicted octanol–water partition coefficient (Wildman–Crippen LogP) is 4.08. The number of fused-ring (bicyclic) bond motifs is 1. The van der Waals surface area contributed by atoms with Crippen molar-refractivity contribution in [3.05, 3.63) is 65.2 Å². The summed E-state index contributed by atoms with van der Waals surface area (Å²) in [5, 5.41) is 0. The number of hydrogen-bond donors (Lipinski definition) is 0. The monoisotopic (exact) mass is 279 g/mol. The topological polar surface area (TPSA) is 20.3 Å². The van der Waals surface area contributed by atoms with Crippen molar-refractivity contribution in [2.24, 2.45) is 0 Å². The van der Waals surface area contributed by atoms with E-state index >= 15 is 0 Å². The molecule has 0 fully saturated rings. The van der Waals surface area contributed by atoms with Gasteiger partial charge in [0.05, 0.1) is 6.04 Å². The normalized spacial score (nSPS) is 17.4. The second-order valence-corrected chi connectivity index (χ2v) is 5.85. The average Bonchev–Trinajstić information content (AvgIpc) is 2.48. The Balaban J connectivity index is 2.05. The summed E-state index contributed by atoms with van der Waals surface area (Å²) < 4.78 is 0. The van der Waals surface area contributed by atoms with E-state index in [0.717, 1.165) is 13.0 Å². The zero-order valence-corrected chi connectivity index (χ0v) is 12.7. The molecule has 2 aromatic carbocycles. The van der Waals surface area contributed by atoms with Gasteiger partial charge in [0.15, 0.2) is 0 Å². The third kappa shape index (κ3) is 2.71. The maximum atomic E-state index is 11.8. The molecule has 1 atom stereocenters. The van der Waals surface area contributed by atoms with Gasteiger partial charge < -0.3 is 4.90 Å². The Bertz CT molecular complexity index is 662. The molecule has 2 heteroatoms. The van der Waals surface area contributed by atoms with Crippen LogP contribution < -0.4 is 4.90 Å². The van der Waals surface area contributed by atoms with Gasteiger partial charge in [-0.05, 0) is 43.0 Å². The molecular weight excluding hydrogens is 258 g/mol. The first-order chi connectivity index (χ1) is 10.2. The molecule has 2 aromatic rings. The molecule has 0 saturated carbocycles. The van der Waals surface area contributed by atoms with Gasteiger partial charge in [-0.2, -0.15) is 0 Å². The maximum Gasteiger partial charge on any atom is 0.132 e. The van der Waals surface area contributed by atoms with Crippen molar-refractivity contribution in [3.63, 3.8) is 0 Å². The lowest BCUT2D eigenvalue weighted by atomic mass is 9.89. The van der Waals surface area contributed by atoms with Gasteiger partial charge in [-0.3, -0.25) is 4.79 Å². The lowest BCUT2D eigenvalue weighted by Gasteiger charge is -2.39. The van der Waals surface area contributed by atoms with Crippen LogP contribution in [0.1, 0.15) is 36.1 Å². The number of Topliss-reactive ketones (excluding diaryl/α,β-unsaturated/α-hetero) is 1. The fourth-order valence-electron chi connectivity index (χ4n) is 3.32. The van der Waals surface area contributed by atoms with E-state index in [4.69, 9.17) is 0 Å². The number of aryl methyl sites for hydroxylation is 1. The molecule has 21 heavy (non-hydrogen) atoms. The molecule has 108 valence electrons. The van der Waals surface area contributed by atoms with Crippen LogP contribution in [0, 0.1) is 6.92 Å². The zero-order chi connectivity index (χ0) is 14.8. The molecule has 2 nitrogen and oxygen atoms in total. The minimum atomic E-state index is 0.161. The molecular formula is C19H21NO. The molecule has 0 N–H and O–H groups in total. The van der Waals surface area contributed by atoms with Crippen LogP contribution in [0.15, 0.2) is 48.5 Å². The van der Waals surface area contributed by atoms with E-state index in [9.17, 15) is 4.79 Å². The fraction of sp³-hybridized carbons (Fsp3) is 0.316. The van der Waals surface area contributed by atoms with Gasteiger partial charge in [0.25, 0.3) is 0 Å². The highest BCUT2D eigenvalue weighted by Crippen LogP contribution is 2.37. The van der Waals surface area contributed by atoms with E-state index in [2.05, 4.69) is 60.4 Å². The molecule has 1 aliphatic heterocycles. The van der Waals surface area contributed by atoms with Crippen molar-refractivity contribution in [2.45, 2.75) is 32.7 Å². The minimum absolute atomic E-state index is 0.161. The van der Waals surface area contributed by atoms with Crippen LogP contribution in [0.3, 0.4) is 0 Å². The molecule has 1 heterocycles. The molecule has 0 spiro atoms. The van der Waals surface area contributed by atoms with Crippen LogP contribution >= 0.6 is 0 Å². The van der Waals surface area contributed by atoms with E-state index in [1.807, 2.05) is 0 Å². The number of hydrogen-bond acceptors (Lipinski definition) is 2. The number of benzene rings is 2. The van der Waals surface area contributed by atoms with E-state index < -0.39 is 0 Å². The number of carbonyl (C=O) groups excluding carboxylic acids is 1. The second kappa shape index (κ2) is 5.72. The van der Waals surface area contributed by atoms with Crippen LogP contribution in [0.25, 0.3) is 0 Å². The van der Waals surface area contributed by atoms with Gasteiger partial charge in [-0.1, -0.05) is 42.5 Å². The molecule has 0 aliphatic carbocycles. The van der Waals surface area contributed by atoms with E-state index in [0.29, 0.717) is 6.42 Å². The Labute approximate surface area is 126 Å². The Morgan fingerprint density at radius 3 is 2.62 bits per heavy atom. The molecule has 0 bridgehead atoms. The molecule has 0 radical (unpaired) electrons. The van der Waals surface area contributed by atoms with Crippen molar-refractivity contribution < 1.29 is 4.79 Å². The first kappa shape index (κ1) is 13.9. The third-order valence-corrected chi connectivity index (χ3v) is 4.32. The minimum Gasteiger partial charge on any atom is -0.363 e. The van der Waals surface area contributed by atoms with Gasteiger partial charge in [0.2, 0.25) is 0 Å². The number of anilines is 1. The van der Waals surface area contributed by atoms with Crippen molar-refractivity contribution in [1.29, 1.82) is 0 Å². The van der Waals surface area contributed by atoms with E-state index in [1.54, 1.807) is 6.92 Å². The Hall–Kier alpha value is -2.09. The van der Waals surface area contributed by atoms with Gasteiger partial charge in [0, 0.05) is 18.7 Å². The van der Waals surface area contributed by atoms with Crippen molar-refractivity contribution in [1.82, 2.24) is 0 Å². The molecule has 1 aliphatic rings. The first-order valence-electron chi connectivity index (χ1n) is 7.56. The second-order valence-electron chi connectivity index (χ2n) is 5.85. The molecule has 0 aromatic heterocycles. The number of carbonyl (C=O) groups is 1. The van der Waals surface area contributed by atoms with Crippen LogP contribution in [0.2, 0.25) is 0 Å². The molecule has 0 saturated heterocycles. The SMILES string of the molecule is CC(=O)CC1c2ccccc2CCN1c1ccccc1C. The Morgan fingerprint density at radius 2 is 1.86 bits per heavy atom. The summed E-state index contributed by atoms with van der Waals surface area (Å²) in [6, 6.07) is 17.1. The maximum absolute atomic E-state index is 11.8. The van der Waals surface area contributed by atoms with Crippen molar-refractivity contribution in [3.8, 4) is 0 Å². The number of ketones is 1. The summed E-state index contributed by atoms with van der Waals surface area (Å²) in [5.74, 6) is 0.246. The largest absolute Gasteiger partial charge is 0.363 e. The lowest BCUT2D eigenvalue weighted by molar-refractivity contribution is -0.117. The Morgan fingerprint density at radius 1 is 1.14 bits per heavy atom. The standard InChI is InChI=1S/C19H21NO/c1-14-7-3-6-10-18(14)20-12-11-16-8-4-5-9-17(16)19(20)13-15(2)21/h3-10,19H,11-13H2,1-2H3. The fourth-order valence-corrected chi connectivity index (χ4v) is 3.32. The van der Waals surface area contributed by atoms with Gasteiger partial charge in [0.1, 0.15) is 5.78 Å². The number of nitrogens with zero attached hydrogens (tertiary/aromatic N) is 1. The Kier molecular flexibility index (Phi) is 3.78. The van der Waals surface area contributed by atoms with Crippen molar-refractivity contribution >= 4 is 11.5 Å². The van der Waals surface area contributed by atoms with Crippen LogP contribution in [-0.2, 0) is 11.2 Å². The van der Waals surface area contributed by atoms with Crippen molar-refractivity contribution in [2.75, 3.05) is 11.4 Å². The average molecular weight is 279 g/mol. The van der Waals surface area contributed by atoms with E-state index in [1.165, 1.54) is 22.4 Å². The first-order valence-corrected chi connectivity index (χ1v) is 7.56. The van der Waals surface area contributed by atoms with Crippen LogP contribution in [0.4, 0.5) is 5.69 Å². The van der Waals surface area contributed by atoms with Crippen LogP contribution in [0.5, 0.6) is 0 Å². The zero-order valence-electron chi connectivity index (χ0n) is 12.7. The number of para-hydroxylation sites is 1. The predicted molar refractivity (Wildman–Crippen MR) is 86.7 cm³/mol. The summed E-state index contributed by atoms with van der Waals surface area (Å²) >= 11 is 0. The smallest absolute Gasteiger partial charge is 0.132 e. The summed E-state index contributed by atoms with van der Waals surface area (Å²) in [7, 11) is 0. The third-order valence-electron chi connectivity index (χ3n) is 4.32. The summed E-state index contributed by atoms with van der Waals surface area (Å²) in [5.41, 5.74) is 5.21. The van der Waals surface area contributed by atoms with Gasteiger partial charge in [-0.15, -0.1) is 0 Å². The number of rotatable bonds is 3. The summed E-state index contributed by atoms with van der Waals surface area (Å²) in [6.45, 7) is 4.80. The molecule has 0 amide bonds. The van der Waals surface area contributed by atoms with E-state index in [-0.39, 0.29) is 11.8 Å². The molecule has 1 unspecified atom stereocenters. The van der Waals surface area contributed by atoms with Gasteiger partial charge in [-0.25, -0.2) is 0 Å². The summed E-state index contributed by atoms with van der Waals surface area (Å²) in [6.07, 6.45) is 1.62. The molecule has 3 rings (SSSR count).